The smallest absolute Gasteiger partial charge is 0.324 e. The summed E-state index contributed by atoms with van der Waals surface area (Å²) in [5, 5.41) is 0. The van der Waals surface area contributed by atoms with E-state index >= 15 is 0 Å². The average Bonchev–Trinajstić information content (AvgIpc) is 2.01. The molecule has 0 aliphatic heterocycles. The Morgan fingerprint density at radius 1 is 1.29 bits per heavy atom. The van der Waals surface area contributed by atoms with Crippen molar-refractivity contribution in [1.82, 2.24) is 0 Å². The van der Waals surface area contributed by atoms with Crippen molar-refractivity contribution >= 4 is 0 Å². The van der Waals surface area contributed by atoms with Gasteiger partial charge in [-0.25, -0.2) is 0 Å². The number of aryl methyl sites for hydroxylation is 1. The molecule has 0 fully saturated rings. The number of halogens is 3. The molecular formula is C10H12F3N. The SMILES string of the molecule is Cc1ccccc1C(N)CC(F)(F)F. The van der Waals surface area contributed by atoms with Gasteiger partial charge in [0.05, 0.1) is 6.42 Å². The van der Waals surface area contributed by atoms with E-state index in [4.69, 9.17) is 5.73 Å². The lowest BCUT2D eigenvalue weighted by Crippen LogP contribution is -2.20. The monoisotopic (exact) mass is 203 g/mol. The molecule has 0 saturated heterocycles. The Bertz CT molecular complexity index is 306. The molecular weight excluding hydrogens is 191 g/mol. The summed E-state index contributed by atoms with van der Waals surface area (Å²) in [6.07, 6.45) is -5.18. The lowest BCUT2D eigenvalue weighted by Gasteiger charge is -2.16. The van der Waals surface area contributed by atoms with Crippen molar-refractivity contribution in [2.45, 2.75) is 25.6 Å². The third-order valence-electron chi connectivity index (χ3n) is 2.04. The van der Waals surface area contributed by atoms with Gasteiger partial charge in [0.1, 0.15) is 0 Å². The Balaban J connectivity index is 2.80. The van der Waals surface area contributed by atoms with Gasteiger partial charge in [0.2, 0.25) is 0 Å². The molecule has 0 aliphatic carbocycles. The molecule has 0 radical (unpaired) electrons. The molecule has 1 atom stereocenters. The summed E-state index contributed by atoms with van der Waals surface area (Å²) < 4.78 is 36.1. The lowest BCUT2D eigenvalue weighted by molar-refractivity contribution is -0.138. The van der Waals surface area contributed by atoms with Gasteiger partial charge in [-0.3, -0.25) is 0 Å². The number of hydrogen-bond acceptors (Lipinski definition) is 1. The van der Waals surface area contributed by atoms with Crippen LogP contribution in [-0.2, 0) is 0 Å². The highest BCUT2D eigenvalue weighted by molar-refractivity contribution is 5.28. The third kappa shape index (κ3) is 3.03. The second-order valence-corrected chi connectivity index (χ2v) is 3.28. The molecule has 1 aromatic carbocycles. The first-order valence-corrected chi connectivity index (χ1v) is 4.28. The molecule has 0 bridgehead atoms. The maximum Gasteiger partial charge on any atom is 0.390 e. The first-order chi connectivity index (χ1) is 6.40. The summed E-state index contributed by atoms with van der Waals surface area (Å²) in [5.41, 5.74) is 6.82. The quantitative estimate of drug-likeness (QED) is 0.785. The molecule has 4 heteroatoms. The van der Waals surface area contributed by atoms with E-state index in [1.54, 1.807) is 31.2 Å². The van der Waals surface area contributed by atoms with E-state index in [1.165, 1.54) is 0 Å². The lowest BCUT2D eigenvalue weighted by atomic mass is 9.99. The van der Waals surface area contributed by atoms with E-state index in [2.05, 4.69) is 0 Å². The molecule has 78 valence electrons. The normalized spacial score (nSPS) is 14.1. The van der Waals surface area contributed by atoms with Crippen molar-refractivity contribution in [3.05, 3.63) is 35.4 Å². The highest BCUT2D eigenvalue weighted by atomic mass is 19.4. The molecule has 1 rings (SSSR count). The molecule has 0 aromatic heterocycles. The molecule has 1 nitrogen and oxygen atoms in total. The zero-order valence-corrected chi connectivity index (χ0v) is 7.81. The van der Waals surface area contributed by atoms with Crippen molar-refractivity contribution in [2.75, 3.05) is 0 Å². The summed E-state index contributed by atoms with van der Waals surface area (Å²) >= 11 is 0. The molecule has 1 aromatic rings. The van der Waals surface area contributed by atoms with Gasteiger partial charge in [0, 0.05) is 6.04 Å². The van der Waals surface area contributed by atoms with Gasteiger partial charge < -0.3 is 5.73 Å². The number of hydrogen-bond donors (Lipinski definition) is 1. The van der Waals surface area contributed by atoms with Gasteiger partial charge in [0.15, 0.2) is 0 Å². The highest BCUT2D eigenvalue weighted by Crippen LogP contribution is 2.28. The zero-order chi connectivity index (χ0) is 10.8. The maximum absolute atomic E-state index is 12.0. The van der Waals surface area contributed by atoms with E-state index in [0.717, 1.165) is 5.56 Å². The van der Waals surface area contributed by atoms with Crippen LogP contribution in [0.15, 0.2) is 24.3 Å². The van der Waals surface area contributed by atoms with Gasteiger partial charge in [-0.05, 0) is 18.1 Å². The standard InChI is InChI=1S/C10H12F3N/c1-7-4-2-3-5-8(7)9(14)6-10(11,12)13/h2-5,9H,6,14H2,1H3. The van der Waals surface area contributed by atoms with Gasteiger partial charge >= 0.3 is 6.18 Å². The van der Waals surface area contributed by atoms with Gasteiger partial charge in [-0.2, -0.15) is 13.2 Å². The van der Waals surface area contributed by atoms with Gasteiger partial charge in [0.25, 0.3) is 0 Å². The molecule has 0 heterocycles. The van der Waals surface area contributed by atoms with E-state index < -0.39 is 18.6 Å². The van der Waals surface area contributed by atoms with Crippen LogP contribution in [0.25, 0.3) is 0 Å². The van der Waals surface area contributed by atoms with E-state index in [0.29, 0.717) is 5.56 Å². The molecule has 0 aliphatic rings. The predicted molar refractivity (Wildman–Crippen MR) is 48.8 cm³/mol. The number of rotatable bonds is 2. The number of alkyl halides is 3. The van der Waals surface area contributed by atoms with Crippen LogP contribution >= 0.6 is 0 Å². The first-order valence-electron chi connectivity index (χ1n) is 4.28. The van der Waals surface area contributed by atoms with E-state index in [9.17, 15) is 13.2 Å². The zero-order valence-electron chi connectivity index (χ0n) is 7.81. The Labute approximate surface area is 80.7 Å². The van der Waals surface area contributed by atoms with Crippen molar-refractivity contribution in [1.29, 1.82) is 0 Å². The number of benzene rings is 1. The summed E-state index contributed by atoms with van der Waals surface area (Å²) in [7, 11) is 0. The minimum absolute atomic E-state index is 0.560. The average molecular weight is 203 g/mol. The fourth-order valence-corrected chi connectivity index (χ4v) is 1.36. The first kappa shape index (κ1) is 11.0. The van der Waals surface area contributed by atoms with Crippen LogP contribution < -0.4 is 5.73 Å². The molecule has 1 unspecified atom stereocenters. The fraction of sp³-hybridized carbons (Fsp3) is 0.400. The van der Waals surface area contributed by atoms with Crippen LogP contribution in [0.1, 0.15) is 23.6 Å². The Morgan fingerprint density at radius 3 is 2.36 bits per heavy atom. The van der Waals surface area contributed by atoms with Gasteiger partial charge in [-0.15, -0.1) is 0 Å². The van der Waals surface area contributed by atoms with Crippen molar-refractivity contribution in [3.8, 4) is 0 Å². The Morgan fingerprint density at radius 2 is 1.86 bits per heavy atom. The summed E-state index contributed by atoms with van der Waals surface area (Å²) in [6, 6.07) is 5.89. The summed E-state index contributed by atoms with van der Waals surface area (Å²) in [5.74, 6) is 0. The second kappa shape index (κ2) is 4.00. The number of nitrogens with two attached hydrogens (primary N) is 1. The van der Waals surface area contributed by atoms with E-state index in [1.807, 2.05) is 0 Å². The third-order valence-corrected chi connectivity index (χ3v) is 2.04. The predicted octanol–water partition coefficient (Wildman–Crippen LogP) is 2.95. The summed E-state index contributed by atoms with van der Waals surface area (Å²) in [6.45, 7) is 1.76. The van der Waals surface area contributed by atoms with Crippen LogP contribution in [0.2, 0.25) is 0 Å². The van der Waals surface area contributed by atoms with Crippen molar-refractivity contribution < 1.29 is 13.2 Å². The van der Waals surface area contributed by atoms with Crippen LogP contribution in [0.4, 0.5) is 13.2 Å². The summed E-state index contributed by atoms with van der Waals surface area (Å²) in [4.78, 5) is 0. The molecule has 0 saturated carbocycles. The molecule has 14 heavy (non-hydrogen) atoms. The topological polar surface area (TPSA) is 26.0 Å². The Hall–Kier alpha value is -1.03. The van der Waals surface area contributed by atoms with Crippen molar-refractivity contribution in [3.63, 3.8) is 0 Å². The molecule has 2 N–H and O–H groups in total. The second-order valence-electron chi connectivity index (χ2n) is 3.28. The highest BCUT2D eigenvalue weighted by Gasteiger charge is 2.31. The van der Waals surface area contributed by atoms with Crippen LogP contribution in [0, 0.1) is 6.92 Å². The minimum atomic E-state index is -4.21. The van der Waals surface area contributed by atoms with Crippen LogP contribution in [0.5, 0.6) is 0 Å². The van der Waals surface area contributed by atoms with Gasteiger partial charge in [-0.1, -0.05) is 24.3 Å². The minimum Gasteiger partial charge on any atom is -0.324 e. The largest absolute Gasteiger partial charge is 0.390 e. The van der Waals surface area contributed by atoms with Crippen LogP contribution in [-0.4, -0.2) is 6.18 Å². The molecule has 0 spiro atoms. The fourth-order valence-electron chi connectivity index (χ4n) is 1.36. The van der Waals surface area contributed by atoms with E-state index in [-0.39, 0.29) is 0 Å². The maximum atomic E-state index is 12.0. The molecule has 0 amide bonds. The van der Waals surface area contributed by atoms with Crippen molar-refractivity contribution in [2.24, 2.45) is 5.73 Å². The van der Waals surface area contributed by atoms with Crippen LogP contribution in [0.3, 0.4) is 0 Å². The Kier molecular flexibility index (Phi) is 3.16.